The first-order valence-electron chi connectivity index (χ1n) is 7.65. The Morgan fingerprint density at radius 3 is 2.68 bits per heavy atom. The molecule has 0 aliphatic carbocycles. The molecule has 0 radical (unpaired) electrons. The van der Waals surface area contributed by atoms with Crippen LogP contribution in [-0.2, 0) is 11.3 Å². The topological polar surface area (TPSA) is 67.4 Å². The van der Waals surface area contributed by atoms with Crippen molar-refractivity contribution in [2.45, 2.75) is 6.54 Å². The zero-order valence-electron chi connectivity index (χ0n) is 13.3. The van der Waals surface area contributed by atoms with E-state index in [0.29, 0.717) is 12.3 Å². The van der Waals surface area contributed by atoms with Crippen LogP contribution in [0.15, 0.2) is 75.8 Å². The SMILES string of the molecule is O=C(/C=C/c1ccc(-c2ccccc2)o1)NC(=S)NCc1ccco1. The van der Waals surface area contributed by atoms with Crippen molar-refractivity contribution >= 4 is 29.3 Å². The van der Waals surface area contributed by atoms with Gasteiger partial charge in [0.05, 0.1) is 12.8 Å². The quantitative estimate of drug-likeness (QED) is 0.541. The van der Waals surface area contributed by atoms with E-state index in [1.807, 2.05) is 42.5 Å². The predicted octanol–water partition coefficient (Wildman–Crippen LogP) is 3.74. The van der Waals surface area contributed by atoms with Crippen molar-refractivity contribution in [3.8, 4) is 11.3 Å². The fourth-order valence-electron chi connectivity index (χ4n) is 2.14. The molecule has 3 aromatic rings. The van der Waals surface area contributed by atoms with Gasteiger partial charge in [0.15, 0.2) is 5.11 Å². The van der Waals surface area contributed by atoms with Gasteiger partial charge in [0, 0.05) is 11.6 Å². The van der Waals surface area contributed by atoms with Crippen molar-refractivity contribution in [1.29, 1.82) is 0 Å². The molecule has 0 saturated carbocycles. The average molecular weight is 352 g/mol. The second kappa shape index (κ2) is 8.12. The van der Waals surface area contributed by atoms with Crippen LogP contribution < -0.4 is 10.6 Å². The van der Waals surface area contributed by atoms with Gasteiger partial charge in [-0.2, -0.15) is 0 Å². The van der Waals surface area contributed by atoms with E-state index in [4.69, 9.17) is 21.1 Å². The van der Waals surface area contributed by atoms with Crippen molar-refractivity contribution < 1.29 is 13.6 Å². The number of thiocarbonyl (C=S) groups is 1. The Kier molecular flexibility index (Phi) is 5.43. The van der Waals surface area contributed by atoms with Gasteiger partial charge in [0.1, 0.15) is 17.3 Å². The molecule has 25 heavy (non-hydrogen) atoms. The number of hydrogen-bond acceptors (Lipinski definition) is 4. The van der Waals surface area contributed by atoms with Crippen molar-refractivity contribution in [2.75, 3.05) is 0 Å². The van der Waals surface area contributed by atoms with Crippen molar-refractivity contribution in [3.05, 3.63) is 78.5 Å². The summed E-state index contributed by atoms with van der Waals surface area (Å²) in [6.45, 7) is 0.411. The van der Waals surface area contributed by atoms with Crippen LogP contribution in [0.25, 0.3) is 17.4 Å². The van der Waals surface area contributed by atoms with Crippen LogP contribution in [0.3, 0.4) is 0 Å². The third-order valence-electron chi connectivity index (χ3n) is 3.32. The van der Waals surface area contributed by atoms with Crippen molar-refractivity contribution in [2.24, 2.45) is 0 Å². The van der Waals surface area contributed by atoms with Gasteiger partial charge in [0.25, 0.3) is 0 Å². The number of carbonyl (C=O) groups is 1. The first kappa shape index (κ1) is 16.7. The summed E-state index contributed by atoms with van der Waals surface area (Å²) in [6.07, 6.45) is 4.54. The number of furan rings is 2. The van der Waals surface area contributed by atoms with E-state index in [9.17, 15) is 4.79 Å². The maximum Gasteiger partial charge on any atom is 0.250 e. The summed E-state index contributed by atoms with van der Waals surface area (Å²) in [4.78, 5) is 11.9. The molecule has 0 bridgehead atoms. The molecule has 1 aromatic carbocycles. The molecule has 126 valence electrons. The Labute approximate surface area is 150 Å². The maximum absolute atomic E-state index is 11.9. The van der Waals surface area contributed by atoms with E-state index in [-0.39, 0.29) is 11.0 Å². The first-order valence-corrected chi connectivity index (χ1v) is 8.06. The van der Waals surface area contributed by atoms with Crippen molar-refractivity contribution in [3.63, 3.8) is 0 Å². The Morgan fingerprint density at radius 2 is 1.92 bits per heavy atom. The minimum atomic E-state index is -0.338. The Morgan fingerprint density at radius 1 is 1.08 bits per heavy atom. The van der Waals surface area contributed by atoms with Crippen LogP contribution in [0.4, 0.5) is 0 Å². The van der Waals surface area contributed by atoms with Gasteiger partial charge in [-0.05, 0) is 42.6 Å². The highest BCUT2D eigenvalue weighted by atomic mass is 32.1. The van der Waals surface area contributed by atoms with E-state index in [0.717, 1.165) is 17.1 Å². The van der Waals surface area contributed by atoms with Crippen LogP contribution in [0.1, 0.15) is 11.5 Å². The normalized spacial score (nSPS) is 10.7. The number of nitrogens with one attached hydrogen (secondary N) is 2. The van der Waals surface area contributed by atoms with Gasteiger partial charge in [0.2, 0.25) is 5.91 Å². The van der Waals surface area contributed by atoms with E-state index in [1.165, 1.54) is 6.08 Å². The predicted molar refractivity (Wildman–Crippen MR) is 99.5 cm³/mol. The highest BCUT2D eigenvalue weighted by Gasteiger charge is 2.04. The minimum absolute atomic E-state index is 0.232. The molecule has 0 aliphatic heterocycles. The fourth-order valence-corrected chi connectivity index (χ4v) is 2.31. The largest absolute Gasteiger partial charge is 0.467 e. The molecule has 2 heterocycles. The van der Waals surface area contributed by atoms with E-state index >= 15 is 0 Å². The molecular formula is C19H16N2O3S. The molecule has 5 nitrogen and oxygen atoms in total. The molecule has 0 atom stereocenters. The fraction of sp³-hybridized carbons (Fsp3) is 0.0526. The molecule has 0 aliphatic rings. The zero-order chi connectivity index (χ0) is 17.5. The highest BCUT2D eigenvalue weighted by Crippen LogP contribution is 2.22. The second-order valence-corrected chi connectivity index (χ2v) is 5.56. The van der Waals surface area contributed by atoms with Crippen LogP contribution >= 0.6 is 12.2 Å². The van der Waals surface area contributed by atoms with Gasteiger partial charge < -0.3 is 14.2 Å². The lowest BCUT2D eigenvalue weighted by molar-refractivity contribution is -0.115. The number of amides is 1. The molecule has 0 spiro atoms. The third-order valence-corrected chi connectivity index (χ3v) is 3.57. The number of carbonyl (C=O) groups excluding carboxylic acids is 1. The smallest absolute Gasteiger partial charge is 0.250 e. The zero-order valence-corrected chi connectivity index (χ0v) is 14.1. The van der Waals surface area contributed by atoms with Crippen LogP contribution in [0.5, 0.6) is 0 Å². The van der Waals surface area contributed by atoms with Gasteiger partial charge in [-0.15, -0.1) is 0 Å². The van der Waals surface area contributed by atoms with Crippen LogP contribution in [0.2, 0.25) is 0 Å². The lowest BCUT2D eigenvalue weighted by Crippen LogP contribution is -2.37. The molecule has 1 amide bonds. The van der Waals surface area contributed by atoms with Gasteiger partial charge in [-0.1, -0.05) is 30.3 Å². The molecule has 3 rings (SSSR count). The molecule has 0 unspecified atom stereocenters. The standard InChI is InChI=1S/C19H16N2O3S/c22-18(21-19(25)20-13-16-7-4-12-23-16)11-9-15-8-10-17(24-15)14-5-2-1-3-6-14/h1-12H,13H2,(H2,20,21,22,25)/b11-9+. The summed E-state index contributed by atoms with van der Waals surface area (Å²) in [7, 11) is 0. The van der Waals surface area contributed by atoms with Gasteiger partial charge >= 0.3 is 0 Å². The minimum Gasteiger partial charge on any atom is -0.467 e. The summed E-state index contributed by atoms with van der Waals surface area (Å²) in [5.41, 5.74) is 0.981. The highest BCUT2D eigenvalue weighted by molar-refractivity contribution is 7.80. The summed E-state index contributed by atoms with van der Waals surface area (Å²) < 4.78 is 10.9. The van der Waals surface area contributed by atoms with E-state index in [1.54, 1.807) is 24.5 Å². The number of rotatable bonds is 5. The van der Waals surface area contributed by atoms with Gasteiger partial charge in [-0.3, -0.25) is 10.1 Å². The van der Waals surface area contributed by atoms with Gasteiger partial charge in [-0.25, -0.2) is 0 Å². The third kappa shape index (κ3) is 4.92. The van der Waals surface area contributed by atoms with Crippen LogP contribution in [0, 0.1) is 0 Å². The second-order valence-electron chi connectivity index (χ2n) is 5.15. The summed E-state index contributed by atoms with van der Waals surface area (Å²) >= 11 is 5.06. The van der Waals surface area contributed by atoms with Crippen LogP contribution in [-0.4, -0.2) is 11.0 Å². The molecule has 2 aromatic heterocycles. The maximum atomic E-state index is 11.9. The number of hydrogen-bond donors (Lipinski definition) is 2. The summed E-state index contributed by atoms with van der Waals surface area (Å²) in [5.74, 6) is 1.73. The lowest BCUT2D eigenvalue weighted by atomic mass is 10.2. The Bertz CT molecular complexity index is 867. The summed E-state index contributed by atoms with van der Waals surface area (Å²) in [5, 5.41) is 5.68. The first-order chi connectivity index (χ1) is 12.2. The number of benzene rings is 1. The lowest BCUT2D eigenvalue weighted by Gasteiger charge is -2.05. The molecular weight excluding hydrogens is 336 g/mol. The average Bonchev–Trinajstić information content (AvgIpc) is 3.31. The Balaban J connectivity index is 1.50. The summed E-state index contributed by atoms with van der Waals surface area (Å²) in [6, 6.07) is 17.0. The molecule has 2 N–H and O–H groups in total. The monoisotopic (exact) mass is 352 g/mol. The molecule has 0 fully saturated rings. The Hall–Kier alpha value is -3.12. The van der Waals surface area contributed by atoms with E-state index in [2.05, 4.69) is 10.6 Å². The molecule has 0 saturated heterocycles. The molecule has 6 heteroatoms. The van der Waals surface area contributed by atoms with E-state index < -0.39 is 0 Å². The van der Waals surface area contributed by atoms with Crippen molar-refractivity contribution in [1.82, 2.24) is 10.6 Å².